The predicted molar refractivity (Wildman–Crippen MR) is 66.2 cm³/mol. The Morgan fingerprint density at radius 3 is 2.25 bits per heavy atom. The number of nitrogens with two attached hydrogens (primary N) is 1. The molecule has 2 N–H and O–H groups in total. The second-order valence-corrected chi connectivity index (χ2v) is 4.77. The highest BCUT2D eigenvalue weighted by Gasteiger charge is 2.32. The molecule has 94 valence electrons. The Hall–Kier alpha value is -0.610. The molecule has 1 rings (SSSR count). The number of nitrogens with zero attached hydrogens (tertiary/aromatic N) is 2. The van der Waals surface area contributed by atoms with Crippen LogP contribution in [0.15, 0.2) is 0 Å². The summed E-state index contributed by atoms with van der Waals surface area (Å²) in [4.78, 5) is 16.0. The molecular weight excluding hydrogens is 202 g/mol. The smallest absolute Gasteiger partial charge is 0.236 e. The first-order chi connectivity index (χ1) is 7.61. The molecule has 2 atom stereocenters. The zero-order valence-corrected chi connectivity index (χ0v) is 10.8. The van der Waals surface area contributed by atoms with Gasteiger partial charge in [0.2, 0.25) is 5.91 Å². The highest BCUT2D eigenvalue weighted by molar-refractivity contribution is 5.78. The van der Waals surface area contributed by atoms with Crippen LogP contribution in [0, 0.1) is 0 Å². The van der Waals surface area contributed by atoms with Crippen LogP contribution in [0.5, 0.6) is 0 Å². The standard InChI is InChI=1S/C12H25N3O/c1-4-15(12(16)9-13)11-8-6-5-7-10(11)14(2)3/h10-11H,4-9,13H2,1-3H3/t10-,11+/m1/s1. The lowest BCUT2D eigenvalue weighted by Crippen LogP contribution is -2.54. The minimum Gasteiger partial charge on any atom is -0.337 e. The molecule has 0 spiro atoms. The monoisotopic (exact) mass is 227 g/mol. The fourth-order valence-electron chi connectivity index (χ4n) is 2.77. The summed E-state index contributed by atoms with van der Waals surface area (Å²) in [6.45, 7) is 2.93. The Kier molecular flexibility index (Phi) is 5.22. The molecule has 1 aliphatic rings. The minimum absolute atomic E-state index is 0.0845. The van der Waals surface area contributed by atoms with Crippen molar-refractivity contribution in [2.24, 2.45) is 5.73 Å². The van der Waals surface area contributed by atoms with Gasteiger partial charge in [-0.2, -0.15) is 0 Å². The van der Waals surface area contributed by atoms with E-state index in [1.165, 1.54) is 19.3 Å². The first-order valence-electron chi connectivity index (χ1n) is 6.27. The van der Waals surface area contributed by atoms with Gasteiger partial charge in [0.1, 0.15) is 0 Å². The maximum atomic E-state index is 11.8. The number of likely N-dealkylation sites (N-methyl/N-ethyl adjacent to an activating group) is 2. The van der Waals surface area contributed by atoms with Crippen LogP contribution in [-0.4, -0.2) is 55.0 Å². The van der Waals surface area contributed by atoms with E-state index in [4.69, 9.17) is 5.73 Å². The first-order valence-corrected chi connectivity index (χ1v) is 6.27. The molecule has 0 unspecified atom stereocenters. The van der Waals surface area contributed by atoms with Crippen molar-refractivity contribution in [3.63, 3.8) is 0 Å². The number of carbonyl (C=O) groups is 1. The normalized spacial score (nSPS) is 25.8. The first kappa shape index (κ1) is 13.5. The van der Waals surface area contributed by atoms with E-state index < -0.39 is 0 Å². The molecule has 0 saturated heterocycles. The van der Waals surface area contributed by atoms with Crippen LogP contribution in [-0.2, 0) is 4.79 Å². The Balaban J connectivity index is 2.75. The van der Waals surface area contributed by atoms with Gasteiger partial charge in [0.05, 0.1) is 6.54 Å². The molecule has 0 aromatic rings. The molecule has 0 aromatic carbocycles. The van der Waals surface area contributed by atoms with Crippen LogP contribution in [0.4, 0.5) is 0 Å². The van der Waals surface area contributed by atoms with Gasteiger partial charge < -0.3 is 15.5 Å². The SMILES string of the molecule is CCN(C(=O)CN)[C@H]1CCCC[C@H]1N(C)C. The molecule has 1 saturated carbocycles. The van der Waals surface area contributed by atoms with Gasteiger partial charge in [-0.15, -0.1) is 0 Å². The van der Waals surface area contributed by atoms with Crippen LogP contribution in [0.25, 0.3) is 0 Å². The van der Waals surface area contributed by atoms with E-state index in [0.29, 0.717) is 12.1 Å². The van der Waals surface area contributed by atoms with Crippen LogP contribution >= 0.6 is 0 Å². The van der Waals surface area contributed by atoms with Crippen molar-refractivity contribution < 1.29 is 4.79 Å². The molecule has 4 heteroatoms. The number of hydrogen-bond acceptors (Lipinski definition) is 3. The average molecular weight is 227 g/mol. The van der Waals surface area contributed by atoms with Gasteiger partial charge in [-0.25, -0.2) is 0 Å². The summed E-state index contributed by atoms with van der Waals surface area (Å²) in [7, 11) is 4.20. The quantitative estimate of drug-likeness (QED) is 0.768. The van der Waals surface area contributed by atoms with Gasteiger partial charge in [-0.1, -0.05) is 12.8 Å². The summed E-state index contributed by atoms with van der Waals surface area (Å²) in [5, 5.41) is 0. The van der Waals surface area contributed by atoms with Gasteiger partial charge in [0, 0.05) is 18.6 Å². The van der Waals surface area contributed by atoms with E-state index in [-0.39, 0.29) is 12.5 Å². The Morgan fingerprint density at radius 1 is 1.25 bits per heavy atom. The molecule has 1 fully saturated rings. The highest BCUT2D eigenvalue weighted by Crippen LogP contribution is 2.25. The minimum atomic E-state index is 0.0845. The van der Waals surface area contributed by atoms with E-state index in [0.717, 1.165) is 13.0 Å². The van der Waals surface area contributed by atoms with Crippen LogP contribution in [0.1, 0.15) is 32.6 Å². The lowest BCUT2D eigenvalue weighted by molar-refractivity contribution is -0.133. The lowest BCUT2D eigenvalue weighted by Gasteiger charge is -2.42. The largest absolute Gasteiger partial charge is 0.337 e. The van der Waals surface area contributed by atoms with Crippen molar-refractivity contribution in [3.8, 4) is 0 Å². The zero-order chi connectivity index (χ0) is 12.1. The van der Waals surface area contributed by atoms with Crippen LogP contribution in [0.3, 0.4) is 0 Å². The fourth-order valence-corrected chi connectivity index (χ4v) is 2.77. The second-order valence-electron chi connectivity index (χ2n) is 4.77. The number of rotatable bonds is 4. The zero-order valence-electron chi connectivity index (χ0n) is 10.8. The number of amides is 1. The molecule has 1 amide bonds. The molecule has 4 nitrogen and oxygen atoms in total. The van der Waals surface area contributed by atoms with E-state index in [2.05, 4.69) is 19.0 Å². The van der Waals surface area contributed by atoms with E-state index >= 15 is 0 Å². The molecule has 0 aliphatic heterocycles. The van der Waals surface area contributed by atoms with Crippen molar-refractivity contribution >= 4 is 5.91 Å². The summed E-state index contributed by atoms with van der Waals surface area (Å²) >= 11 is 0. The molecule has 0 aromatic heterocycles. The maximum absolute atomic E-state index is 11.8. The van der Waals surface area contributed by atoms with Gasteiger partial charge in [-0.3, -0.25) is 4.79 Å². The van der Waals surface area contributed by atoms with Gasteiger partial charge >= 0.3 is 0 Å². The summed E-state index contributed by atoms with van der Waals surface area (Å²) in [5.74, 6) is 0.0845. The van der Waals surface area contributed by atoms with Crippen molar-refractivity contribution in [2.75, 3.05) is 27.2 Å². The topological polar surface area (TPSA) is 49.6 Å². The van der Waals surface area contributed by atoms with E-state index in [9.17, 15) is 4.79 Å². The molecule has 16 heavy (non-hydrogen) atoms. The van der Waals surface area contributed by atoms with Crippen molar-refractivity contribution in [3.05, 3.63) is 0 Å². The summed E-state index contributed by atoms with van der Waals surface area (Å²) in [6, 6.07) is 0.842. The second kappa shape index (κ2) is 6.21. The maximum Gasteiger partial charge on any atom is 0.236 e. The van der Waals surface area contributed by atoms with Crippen LogP contribution in [0.2, 0.25) is 0 Å². The molecule has 1 aliphatic carbocycles. The Bertz CT molecular complexity index is 230. The molecule has 0 bridgehead atoms. The van der Waals surface area contributed by atoms with Crippen LogP contribution < -0.4 is 5.73 Å². The molecular formula is C12H25N3O. The van der Waals surface area contributed by atoms with Gasteiger partial charge in [0.25, 0.3) is 0 Å². The third-order valence-corrected chi connectivity index (χ3v) is 3.59. The Morgan fingerprint density at radius 2 is 1.81 bits per heavy atom. The van der Waals surface area contributed by atoms with Crippen molar-refractivity contribution in [2.45, 2.75) is 44.7 Å². The summed E-state index contributed by atoms with van der Waals surface area (Å²) < 4.78 is 0. The average Bonchev–Trinajstić information content (AvgIpc) is 2.30. The predicted octanol–water partition coefficient (Wildman–Crippen LogP) is 0.666. The van der Waals surface area contributed by atoms with Gasteiger partial charge in [-0.05, 0) is 33.9 Å². The fraction of sp³-hybridized carbons (Fsp3) is 0.917. The van der Waals surface area contributed by atoms with E-state index in [1.54, 1.807) is 0 Å². The number of hydrogen-bond donors (Lipinski definition) is 1. The van der Waals surface area contributed by atoms with E-state index in [1.807, 2.05) is 11.8 Å². The van der Waals surface area contributed by atoms with Gasteiger partial charge in [0.15, 0.2) is 0 Å². The third kappa shape index (κ3) is 2.95. The lowest BCUT2D eigenvalue weighted by atomic mass is 9.88. The number of carbonyl (C=O) groups excluding carboxylic acids is 1. The Labute approximate surface area is 98.8 Å². The van der Waals surface area contributed by atoms with Crippen molar-refractivity contribution in [1.82, 2.24) is 9.80 Å². The highest BCUT2D eigenvalue weighted by atomic mass is 16.2. The molecule has 0 radical (unpaired) electrons. The molecule has 0 heterocycles. The third-order valence-electron chi connectivity index (χ3n) is 3.59. The summed E-state index contributed by atoms with van der Waals surface area (Å²) in [5.41, 5.74) is 5.47. The summed E-state index contributed by atoms with van der Waals surface area (Å²) in [6.07, 6.45) is 4.80. The van der Waals surface area contributed by atoms with Crippen molar-refractivity contribution in [1.29, 1.82) is 0 Å².